The highest BCUT2D eigenvalue weighted by molar-refractivity contribution is 5.93. The van der Waals surface area contributed by atoms with Gasteiger partial charge in [-0.15, -0.1) is 0 Å². The van der Waals surface area contributed by atoms with Gasteiger partial charge in [0.05, 0.1) is 0 Å². The van der Waals surface area contributed by atoms with Gasteiger partial charge in [0.15, 0.2) is 0 Å². The molecule has 0 aromatic heterocycles. The van der Waals surface area contributed by atoms with Crippen LogP contribution < -0.4 is 0 Å². The minimum Gasteiger partial charge on any atom is -0.0648 e. The first kappa shape index (κ1) is 12.9. The zero-order valence-corrected chi connectivity index (χ0v) is 12.1. The summed E-state index contributed by atoms with van der Waals surface area (Å²) < 4.78 is 0. The largest absolute Gasteiger partial charge is 0.0648 e. The van der Waals surface area contributed by atoms with Crippen molar-refractivity contribution in [3.05, 3.63) is 78.2 Å². The van der Waals surface area contributed by atoms with Crippen molar-refractivity contribution in [1.82, 2.24) is 0 Å². The van der Waals surface area contributed by atoms with Crippen LogP contribution in [0.4, 0.5) is 0 Å². The normalized spacial score (nSPS) is 10.9. The Balaban J connectivity index is 2.30. The van der Waals surface area contributed by atoms with E-state index in [2.05, 4.69) is 80.9 Å². The van der Waals surface area contributed by atoms with Crippen LogP contribution in [0.3, 0.4) is 0 Å². The van der Waals surface area contributed by atoms with Crippen LogP contribution in [0.15, 0.2) is 60.7 Å². The van der Waals surface area contributed by atoms with Crippen LogP contribution in [-0.2, 0) is 0 Å². The smallest absolute Gasteiger partial charge is 0.00831 e. The van der Waals surface area contributed by atoms with E-state index >= 15 is 0 Å². The molecule has 0 nitrogen and oxygen atoms in total. The van der Waals surface area contributed by atoms with E-state index in [-0.39, 0.29) is 0 Å². The van der Waals surface area contributed by atoms with Crippen molar-refractivity contribution in [2.75, 3.05) is 0 Å². The molecule has 0 aliphatic heterocycles. The Labute approximate surface area is 121 Å². The second kappa shape index (κ2) is 5.50. The first-order chi connectivity index (χ1) is 9.81. The lowest BCUT2D eigenvalue weighted by Gasteiger charge is -2.14. The van der Waals surface area contributed by atoms with Gasteiger partial charge in [0.1, 0.15) is 0 Å². The maximum absolute atomic E-state index is 2.34. The topological polar surface area (TPSA) is 0 Å². The minimum atomic E-state index is 1.05. The minimum absolute atomic E-state index is 1.05. The average molecular weight is 259 g/mol. The van der Waals surface area contributed by atoms with Crippen LogP contribution in [0.5, 0.6) is 0 Å². The van der Waals surface area contributed by atoms with Crippen LogP contribution in [0, 0.1) is 13.3 Å². The molecule has 3 aromatic carbocycles. The van der Waals surface area contributed by atoms with Crippen LogP contribution in [0.2, 0.25) is 0 Å². The lowest BCUT2D eigenvalue weighted by molar-refractivity contribution is 1.13. The number of hydrogen-bond donors (Lipinski definition) is 0. The van der Waals surface area contributed by atoms with Gasteiger partial charge in [-0.05, 0) is 52.8 Å². The van der Waals surface area contributed by atoms with E-state index in [9.17, 15) is 0 Å². The summed E-state index contributed by atoms with van der Waals surface area (Å²) in [5, 5.41) is 2.65. The molecule has 0 bridgehead atoms. The van der Waals surface area contributed by atoms with Gasteiger partial charge in [-0.25, -0.2) is 0 Å². The molecule has 0 amide bonds. The van der Waals surface area contributed by atoms with Crippen molar-refractivity contribution < 1.29 is 0 Å². The van der Waals surface area contributed by atoms with Gasteiger partial charge in [-0.2, -0.15) is 0 Å². The fraction of sp³-hybridized carbons (Fsp3) is 0.150. The zero-order valence-electron chi connectivity index (χ0n) is 12.1. The van der Waals surface area contributed by atoms with Crippen molar-refractivity contribution in [1.29, 1.82) is 0 Å². The molecule has 0 heteroatoms. The Morgan fingerprint density at radius 3 is 2.35 bits per heavy atom. The lowest BCUT2D eigenvalue weighted by atomic mass is 9.90. The molecule has 0 heterocycles. The molecule has 0 unspecified atom stereocenters. The molecule has 0 fully saturated rings. The van der Waals surface area contributed by atoms with Gasteiger partial charge in [0.2, 0.25) is 0 Å². The van der Waals surface area contributed by atoms with Crippen molar-refractivity contribution in [2.45, 2.75) is 20.3 Å². The highest BCUT2D eigenvalue weighted by atomic mass is 14.1. The van der Waals surface area contributed by atoms with E-state index in [4.69, 9.17) is 0 Å². The fourth-order valence-electron chi connectivity index (χ4n) is 2.83. The molecule has 99 valence electrons. The Hall–Kier alpha value is -2.08. The summed E-state index contributed by atoms with van der Waals surface area (Å²) in [6.07, 6.45) is 3.39. The maximum atomic E-state index is 2.34. The Bertz CT molecular complexity index is 738. The molecule has 20 heavy (non-hydrogen) atoms. The first-order valence-electron chi connectivity index (χ1n) is 7.22. The van der Waals surface area contributed by atoms with Gasteiger partial charge < -0.3 is 0 Å². The monoisotopic (exact) mass is 259 g/mol. The summed E-state index contributed by atoms with van der Waals surface area (Å²) in [6, 6.07) is 21.7. The standard InChI is InChI=1S/C20H19/c1-3-8-19-18-12-7-5-10-16(18)13-14-20(19)17-11-6-4-9-15(17)2/h4-14H,3H2,1-2H3. The van der Waals surface area contributed by atoms with Crippen molar-refractivity contribution in [2.24, 2.45) is 0 Å². The molecular weight excluding hydrogens is 240 g/mol. The molecule has 3 aromatic rings. The first-order valence-corrected chi connectivity index (χ1v) is 7.22. The Morgan fingerprint density at radius 1 is 0.800 bits per heavy atom. The molecule has 0 saturated heterocycles. The number of aryl methyl sites for hydroxylation is 1. The number of rotatable bonds is 3. The number of hydrogen-bond acceptors (Lipinski definition) is 0. The summed E-state index contributed by atoms with van der Waals surface area (Å²) in [4.78, 5) is 0. The highest BCUT2D eigenvalue weighted by Crippen LogP contribution is 2.33. The summed E-state index contributed by atoms with van der Waals surface area (Å²) in [5.41, 5.74) is 5.36. The van der Waals surface area contributed by atoms with Gasteiger partial charge in [-0.1, -0.05) is 67.6 Å². The maximum Gasteiger partial charge on any atom is -0.00831 e. The third-order valence-corrected chi connectivity index (χ3v) is 3.81. The van der Waals surface area contributed by atoms with E-state index in [1.54, 1.807) is 0 Å². The molecule has 1 radical (unpaired) electrons. The van der Waals surface area contributed by atoms with E-state index in [1.165, 1.54) is 33.0 Å². The Morgan fingerprint density at radius 2 is 1.55 bits per heavy atom. The molecule has 0 saturated carbocycles. The second-order valence-electron chi connectivity index (χ2n) is 5.18. The van der Waals surface area contributed by atoms with E-state index in [1.807, 2.05) is 0 Å². The average Bonchev–Trinajstić information content (AvgIpc) is 2.49. The van der Waals surface area contributed by atoms with Crippen molar-refractivity contribution in [3.63, 3.8) is 0 Å². The van der Waals surface area contributed by atoms with Gasteiger partial charge in [0, 0.05) is 0 Å². The van der Waals surface area contributed by atoms with Crippen LogP contribution in [0.1, 0.15) is 24.5 Å². The molecule has 3 rings (SSSR count). The van der Waals surface area contributed by atoms with E-state index in [0.717, 1.165) is 6.42 Å². The van der Waals surface area contributed by atoms with Gasteiger partial charge in [0.25, 0.3) is 0 Å². The van der Waals surface area contributed by atoms with E-state index in [0.29, 0.717) is 0 Å². The van der Waals surface area contributed by atoms with Crippen LogP contribution in [-0.4, -0.2) is 0 Å². The zero-order chi connectivity index (χ0) is 13.9. The van der Waals surface area contributed by atoms with E-state index < -0.39 is 0 Å². The molecule has 0 atom stereocenters. The molecule has 0 N–H and O–H groups in total. The lowest BCUT2D eigenvalue weighted by Crippen LogP contribution is -1.92. The molecule has 0 aliphatic carbocycles. The SMILES string of the molecule is CC[CH]c1c(-c2ccccc2C)ccc2ccccc12. The Kier molecular flexibility index (Phi) is 3.56. The third-order valence-electron chi connectivity index (χ3n) is 3.81. The highest BCUT2D eigenvalue weighted by Gasteiger charge is 2.10. The summed E-state index contributed by atoms with van der Waals surface area (Å²) in [6.45, 7) is 4.38. The predicted molar refractivity (Wildman–Crippen MR) is 87.8 cm³/mol. The molecular formula is C20H19. The summed E-state index contributed by atoms with van der Waals surface area (Å²) in [5.74, 6) is 0. The van der Waals surface area contributed by atoms with Gasteiger partial charge >= 0.3 is 0 Å². The van der Waals surface area contributed by atoms with Crippen LogP contribution in [0.25, 0.3) is 21.9 Å². The predicted octanol–water partition coefficient (Wildman–Crippen LogP) is 5.78. The second-order valence-corrected chi connectivity index (χ2v) is 5.18. The number of benzene rings is 3. The van der Waals surface area contributed by atoms with Crippen molar-refractivity contribution >= 4 is 10.8 Å². The third kappa shape index (κ3) is 2.22. The van der Waals surface area contributed by atoms with Crippen molar-refractivity contribution in [3.8, 4) is 11.1 Å². The quantitative estimate of drug-likeness (QED) is 0.559. The molecule has 0 aliphatic rings. The van der Waals surface area contributed by atoms with Crippen LogP contribution >= 0.6 is 0 Å². The number of fused-ring (bicyclic) bond motifs is 1. The van der Waals surface area contributed by atoms with Gasteiger partial charge in [-0.3, -0.25) is 0 Å². The molecule has 0 spiro atoms. The summed E-state index contributed by atoms with van der Waals surface area (Å²) in [7, 11) is 0. The fourth-order valence-corrected chi connectivity index (χ4v) is 2.83. The summed E-state index contributed by atoms with van der Waals surface area (Å²) >= 11 is 0.